The Bertz CT molecular complexity index is 1450. The van der Waals surface area contributed by atoms with Gasteiger partial charge in [-0.25, -0.2) is 13.2 Å². The number of amides is 3. The molecule has 3 N–H and O–H groups in total. The van der Waals surface area contributed by atoms with Gasteiger partial charge < -0.3 is 29.5 Å². The molecule has 0 saturated heterocycles. The Hall–Kier alpha value is -3.62. The molecule has 216 valence electrons. The maximum Gasteiger partial charge on any atom is 0.321 e. The fraction of sp³-hybridized carbons (Fsp3) is 0.423. The van der Waals surface area contributed by atoms with Gasteiger partial charge in [0.05, 0.1) is 30.4 Å². The van der Waals surface area contributed by atoms with E-state index in [1.165, 1.54) is 17.0 Å². The number of hydrogen-bond acceptors (Lipinski definition) is 9. The SMILES string of the molecule is Cc1noc(C)c1NC(=O)N(C)C[C@H]1Oc2c(NS(=O)(=O)c3cccs3)cccc2C(=O)N([C@H](C)CO)C[C@H]1C. The first kappa shape index (κ1) is 29.4. The number of carbonyl (C=O) groups excluding carboxylic acids is 2. The van der Waals surface area contributed by atoms with Gasteiger partial charge in [-0.2, -0.15) is 0 Å². The molecule has 1 aromatic carbocycles. The summed E-state index contributed by atoms with van der Waals surface area (Å²) >= 11 is 1.06. The van der Waals surface area contributed by atoms with Crippen molar-refractivity contribution < 1.29 is 32.4 Å². The number of para-hydroxylation sites is 1. The number of aliphatic hydroxyl groups is 1. The van der Waals surface area contributed by atoms with Crippen LogP contribution in [0.3, 0.4) is 0 Å². The van der Waals surface area contributed by atoms with Gasteiger partial charge in [-0.3, -0.25) is 9.52 Å². The maximum atomic E-state index is 13.6. The monoisotopic (exact) mass is 591 g/mol. The third-order valence-electron chi connectivity index (χ3n) is 6.76. The number of aryl methyl sites for hydroxylation is 2. The molecule has 0 aliphatic carbocycles. The van der Waals surface area contributed by atoms with Crippen LogP contribution in [0.1, 0.15) is 35.7 Å². The number of carbonyl (C=O) groups is 2. The highest BCUT2D eigenvalue weighted by molar-refractivity contribution is 7.94. The Labute approximate surface area is 237 Å². The van der Waals surface area contributed by atoms with Gasteiger partial charge in [-0.1, -0.05) is 24.2 Å². The third kappa shape index (κ3) is 6.08. The molecule has 1 aliphatic heterocycles. The van der Waals surface area contributed by atoms with E-state index in [1.54, 1.807) is 56.3 Å². The van der Waals surface area contributed by atoms with Crippen LogP contribution in [0.2, 0.25) is 0 Å². The van der Waals surface area contributed by atoms with Crippen LogP contribution in [-0.4, -0.2) is 79.3 Å². The average Bonchev–Trinajstić information content (AvgIpc) is 3.57. The smallest absolute Gasteiger partial charge is 0.321 e. The molecule has 0 saturated carbocycles. The lowest BCUT2D eigenvalue weighted by Gasteiger charge is -2.38. The van der Waals surface area contributed by atoms with Crippen LogP contribution in [-0.2, 0) is 10.0 Å². The number of aromatic nitrogens is 1. The molecule has 3 heterocycles. The van der Waals surface area contributed by atoms with Crippen molar-refractivity contribution in [1.82, 2.24) is 15.0 Å². The third-order valence-corrected chi connectivity index (χ3v) is 9.52. The first-order valence-corrected chi connectivity index (χ1v) is 15.0. The molecule has 0 unspecified atom stereocenters. The van der Waals surface area contributed by atoms with Crippen molar-refractivity contribution in [3.8, 4) is 5.75 Å². The fourth-order valence-electron chi connectivity index (χ4n) is 4.37. The summed E-state index contributed by atoms with van der Waals surface area (Å²) in [4.78, 5) is 29.7. The van der Waals surface area contributed by atoms with Gasteiger partial charge in [0.15, 0.2) is 11.5 Å². The number of anilines is 2. The zero-order valence-corrected chi connectivity index (χ0v) is 24.5. The van der Waals surface area contributed by atoms with Gasteiger partial charge in [0.2, 0.25) is 0 Å². The normalized spacial score (nSPS) is 18.2. The molecule has 0 spiro atoms. The van der Waals surface area contributed by atoms with E-state index in [0.29, 0.717) is 17.1 Å². The summed E-state index contributed by atoms with van der Waals surface area (Å²) in [6, 6.07) is 6.83. The average molecular weight is 592 g/mol. The minimum atomic E-state index is -3.95. The molecule has 0 radical (unpaired) electrons. The van der Waals surface area contributed by atoms with Crippen LogP contribution in [0.4, 0.5) is 16.2 Å². The van der Waals surface area contributed by atoms with Crippen LogP contribution >= 0.6 is 11.3 Å². The minimum absolute atomic E-state index is 0.0545. The molecule has 4 rings (SSSR count). The zero-order chi connectivity index (χ0) is 29.2. The lowest BCUT2D eigenvalue weighted by atomic mass is 9.99. The summed E-state index contributed by atoms with van der Waals surface area (Å²) in [7, 11) is -2.34. The minimum Gasteiger partial charge on any atom is -0.485 e. The van der Waals surface area contributed by atoms with E-state index in [9.17, 15) is 23.1 Å². The largest absolute Gasteiger partial charge is 0.485 e. The number of aliphatic hydroxyl groups excluding tert-OH is 1. The molecule has 14 heteroatoms. The topological polar surface area (TPSA) is 154 Å². The highest BCUT2D eigenvalue weighted by atomic mass is 32.2. The fourth-order valence-corrected chi connectivity index (χ4v) is 6.43. The summed E-state index contributed by atoms with van der Waals surface area (Å²) < 4.78 is 40.3. The van der Waals surface area contributed by atoms with Crippen molar-refractivity contribution in [2.75, 3.05) is 36.8 Å². The lowest BCUT2D eigenvalue weighted by molar-refractivity contribution is 0.0373. The number of rotatable bonds is 8. The van der Waals surface area contributed by atoms with Crippen molar-refractivity contribution in [3.63, 3.8) is 0 Å². The number of thiophene rings is 1. The van der Waals surface area contributed by atoms with E-state index in [4.69, 9.17) is 9.26 Å². The van der Waals surface area contributed by atoms with Gasteiger partial charge in [-0.15, -0.1) is 11.3 Å². The molecule has 2 aromatic heterocycles. The van der Waals surface area contributed by atoms with Gasteiger partial charge in [0, 0.05) is 19.5 Å². The number of fused-ring (bicyclic) bond motifs is 1. The second-order valence-electron chi connectivity index (χ2n) is 9.85. The number of nitrogens with one attached hydrogen (secondary N) is 2. The van der Waals surface area contributed by atoms with Crippen LogP contribution < -0.4 is 14.8 Å². The van der Waals surface area contributed by atoms with Crippen LogP contribution in [0, 0.1) is 19.8 Å². The van der Waals surface area contributed by atoms with Crippen molar-refractivity contribution in [1.29, 1.82) is 0 Å². The van der Waals surface area contributed by atoms with E-state index < -0.39 is 34.1 Å². The molecule has 3 amide bonds. The summed E-state index contributed by atoms with van der Waals surface area (Å²) in [6.07, 6.45) is -0.645. The molecule has 0 fully saturated rings. The molecule has 40 heavy (non-hydrogen) atoms. The summed E-state index contributed by atoms with van der Waals surface area (Å²) in [5.74, 6) is -0.177. The molecule has 12 nitrogen and oxygen atoms in total. The van der Waals surface area contributed by atoms with Gasteiger partial charge in [0.1, 0.15) is 21.7 Å². The summed E-state index contributed by atoms with van der Waals surface area (Å²) in [5, 5.41) is 18.2. The molecule has 0 bridgehead atoms. The Morgan fingerprint density at radius 1 is 1.30 bits per heavy atom. The highest BCUT2D eigenvalue weighted by Crippen LogP contribution is 2.36. The Balaban J connectivity index is 1.69. The number of likely N-dealkylation sites (N-methyl/N-ethyl adjacent to an activating group) is 1. The highest BCUT2D eigenvalue weighted by Gasteiger charge is 2.35. The predicted molar refractivity (Wildman–Crippen MR) is 150 cm³/mol. The number of ether oxygens (including phenoxy) is 1. The van der Waals surface area contributed by atoms with Gasteiger partial charge in [-0.05, 0) is 44.4 Å². The summed E-state index contributed by atoms with van der Waals surface area (Å²) in [6.45, 7) is 7.11. The second kappa shape index (κ2) is 11.9. The molecule has 3 atom stereocenters. The Morgan fingerprint density at radius 2 is 2.05 bits per heavy atom. The standard InChI is InChI=1S/C26H33N5O7S2/c1-15-12-31(16(2)14-32)25(33)19-8-6-9-20(29-40(35,36)22-10-7-11-39-22)24(19)37-21(15)13-30(5)26(34)27-23-17(3)28-38-18(23)4/h6-11,15-16,21,29,32H,12-14H2,1-5H3,(H,27,34)/t15-,16-,21-/m1/s1. The van der Waals surface area contributed by atoms with E-state index in [-0.39, 0.29) is 46.8 Å². The van der Waals surface area contributed by atoms with Crippen LogP contribution in [0.5, 0.6) is 5.75 Å². The number of benzene rings is 1. The van der Waals surface area contributed by atoms with E-state index >= 15 is 0 Å². The van der Waals surface area contributed by atoms with E-state index in [1.807, 2.05) is 6.92 Å². The van der Waals surface area contributed by atoms with Crippen molar-refractivity contribution in [2.45, 2.75) is 44.0 Å². The Morgan fingerprint density at radius 3 is 2.67 bits per heavy atom. The molecular weight excluding hydrogens is 558 g/mol. The Kier molecular flexibility index (Phi) is 8.71. The van der Waals surface area contributed by atoms with Crippen molar-refractivity contribution in [2.24, 2.45) is 5.92 Å². The van der Waals surface area contributed by atoms with Crippen LogP contribution in [0.15, 0.2) is 44.4 Å². The second-order valence-corrected chi connectivity index (χ2v) is 12.7. The summed E-state index contributed by atoms with van der Waals surface area (Å²) in [5.41, 5.74) is 1.26. The van der Waals surface area contributed by atoms with E-state index in [2.05, 4.69) is 15.2 Å². The molecule has 1 aliphatic rings. The van der Waals surface area contributed by atoms with Gasteiger partial charge >= 0.3 is 6.03 Å². The lowest BCUT2D eigenvalue weighted by Crippen LogP contribution is -2.50. The van der Waals surface area contributed by atoms with Crippen molar-refractivity contribution in [3.05, 3.63) is 52.7 Å². The van der Waals surface area contributed by atoms with Gasteiger partial charge in [0.25, 0.3) is 15.9 Å². The number of nitrogens with zero attached hydrogens (tertiary/aromatic N) is 3. The zero-order valence-electron chi connectivity index (χ0n) is 22.9. The number of hydrogen-bond donors (Lipinski definition) is 3. The first-order chi connectivity index (χ1) is 18.9. The molecule has 3 aromatic rings. The first-order valence-electron chi connectivity index (χ1n) is 12.7. The predicted octanol–water partition coefficient (Wildman–Crippen LogP) is 3.54. The van der Waals surface area contributed by atoms with E-state index in [0.717, 1.165) is 11.3 Å². The maximum absolute atomic E-state index is 13.6. The number of sulfonamides is 1. The van der Waals surface area contributed by atoms with Crippen LogP contribution in [0.25, 0.3) is 0 Å². The quantitative estimate of drug-likeness (QED) is 0.359. The van der Waals surface area contributed by atoms with Crippen molar-refractivity contribution >= 4 is 44.7 Å². The number of urea groups is 1. The molecular formula is C26H33N5O7S2.